The zero-order valence-corrected chi connectivity index (χ0v) is 9.40. The van der Waals surface area contributed by atoms with Gasteiger partial charge in [0.2, 0.25) is 0 Å². The van der Waals surface area contributed by atoms with Crippen molar-refractivity contribution in [3.05, 3.63) is 21.9 Å². The van der Waals surface area contributed by atoms with E-state index in [1.54, 1.807) is 0 Å². The highest BCUT2D eigenvalue weighted by molar-refractivity contribution is 7.10. The molecule has 3 heteroatoms. The monoisotopic (exact) mass is 198 g/mol. The van der Waals surface area contributed by atoms with Crippen molar-refractivity contribution in [1.29, 1.82) is 0 Å². The summed E-state index contributed by atoms with van der Waals surface area (Å²) in [6.45, 7) is 3.07. The van der Waals surface area contributed by atoms with Gasteiger partial charge in [-0.25, -0.2) is 0 Å². The first kappa shape index (κ1) is 10.7. The van der Waals surface area contributed by atoms with Crippen LogP contribution in [0.25, 0.3) is 0 Å². The first-order chi connectivity index (χ1) is 6.08. The summed E-state index contributed by atoms with van der Waals surface area (Å²) in [7, 11) is 4.17. The lowest BCUT2D eigenvalue weighted by Gasteiger charge is -2.06. The largest absolute Gasteiger partial charge is 0.328 e. The van der Waals surface area contributed by atoms with Crippen LogP contribution in [0.15, 0.2) is 11.4 Å². The van der Waals surface area contributed by atoms with E-state index in [4.69, 9.17) is 5.73 Å². The van der Waals surface area contributed by atoms with E-state index in [0.29, 0.717) is 0 Å². The molecule has 1 atom stereocenters. The van der Waals surface area contributed by atoms with Crippen LogP contribution in [0.5, 0.6) is 0 Å². The molecule has 0 aliphatic carbocycles. The topological polar surface area (TPSA) is 29.3 Å². The maximum Gasteiger partial charge on any atom is 0.0235 e. The lowest BCUT2D eigenvalue weighted by molar-refractivity contribution is 0.403. The Balaban J connectivity index is 2.53. The van der Waals surface area contributed by atoms with Crippen molar-refractivity contribution in [1.82, 2.24) is 4.90 Å². The van der Waals surface area contributed by atoms with Gasteiger partial charge in [-0.1, -0.05) is 0 Å². The minimum Gasteiger partial charge on any atom is -0.328 e. The highest BCUT2D eigenvalue weighted by Crippen LogP contribution is 2.16. The Bertz CT molecular complexity index is 229. The smallest absolute Gasteiger partial charge is 0.0235 e. The number of nitrogens with zero attached hydrogens (tertiary/aromatic N) is 1. The maximum absolute atomic E-state index is 5.73. The predicted molar refractivity (Wildman–Crippen MR) is 59.1 cm³/mol. The molecule has 13 heavy (non-hydrogen) atoms. The van der Waals surface area contributed by atoms with Crippen LogP contribution in [0.4, 0.5) is 0 Å². The van der Waals surface area contributed by atoms with Crippen molar-refractivity contribution < 1.29 is 0 Å². The van der Waals surface area contributed by atoms with E-state index in [1.165, 1.54) is 10.4 Å². The van der Waals surface area contributed by atoms with Gasteiger partial charge in [-0.15, -0.1) is 11.3 Å². The molecule has 0 amide bonds. The Kier molecular flexibility index (Phi) is 3.90. The van der Waals surface area contributed by atoms with Crippen molar-refractivity contribution in [3.63, 3.8) is 0 Å². The molecule has 0 spiro atoms. The van der Waals surface area contributed by atoms with Gasteiger partial charge in [-0.2, -0.15) is 0 Å². The first-order valence-electron chi connectivity index (χ1n) is 4.54. The second kappa shape index (κ2) is 4.74. The minimum absolute atomic E-state index is 0.269. The van der Waals surface area contributed by atoms with E-state index >= 15 is 0 Å². The van der Waals surface area contributed by atoms with Gasteiger partial charge in [0.15, 0.2) is 0 Å². The molecule has 1 unspecified atom stereocenters. The summed E-state index contributed by atoms with van der Waals surface area (Å²) in [6, 6.07) is 2.53. The predicted octanol–water partition coefficient (Wildman–Crippen LogP) is 1.70. The Labute approximate surface area is 84.4 Å². The van der Waals surface area contributed by atoms with Crippen LogP contribution in [0.3, 0.4) is 0 Å². The quantitative estimate of drug-likeness (QED) is 0.798. The molecule has 74 valence electrons. The summed E-state index contributed by atoms with van der Waals surface area (Å²) in [6.07, 6.45) is 0.998. The van der Waals surface area contributed by atoms with Gasteiger partial charge in [0.1, 0.15) is 0 Å². The Hall–Kier alpha value is -0.380. The number of nitrogens with two attached hydrogens (primary N) is 1. The van der Waals surface area contributed by atoms with Gasteiger partial charge in [0, 0.05) is 17.5 Å². The van der Waals surface area contributed by atoms with Gasteiger partial charge in [-0.3, -0.25) is 0 Å². The fraction of sp³-hybridized carbons (Fsp3) is 0.600. The van der Waals surface area contributed by atoms with Crippen LogP contribution in [0, 0.1) is 0 Å². The number of hydrogen-bond acceptors (Lipinski definition) is 3. The molecule has 0 aliphatic rings. The molecule has 1 rings (SSSR count). The lowest BCUT2D eigenvalue weighted by atomic mass is 10.2. The lowest BCUT2D eigenvalue weighted by Crippen LogP contribution is -2.17. The summed E-state index contributed by atoms with van der Waals surface area (Å²) in [5, 5.41) is 2.22. The van der Waals surface area contributed by atoms with E-state index in [2.05, 4.69) is 30.4 Å². The Morgan fingerprint density at radius 2 is 2.23 bits per heavy atom. The molecule has 0 bridgehead atoms. The van der Waals surface area contributed by atoms with Crippen molar-refractivity contribution in [3.8, 4) is 0 Å². The van der Waals surface area contributed by atoms with Crippen LogP contribution in [0.1, 0.15) is 17.4 Å². The SMILES string of the molecule is CC(N)Cc1cc(CN(C)C)cs1. The van der Waals surface area contributed by atoms with E-state index < -0.39 is 0 Å². The number of thiophene rings is 1. The van der Waals surface area contributed by atoms with Gasteiger partial charge < -0.3 is 10.6 Å². The molecular formula is C10H18N2S. The number of hydrogen-bond donors (Lipinski definition) is 1. The average molecular weight is 198 g/mol. The molecule has 2 N–H and O–H groups in total. The van der Waals surface area contributed by atoms with E-state index in [-0.39, 0.29) is 6.04 Å². The van der Waals surface area contributed by atoms with Gasteiger partial charge in [-0.05, 0) is 44.4 Å². The third kappa shape index (κ3) is 3.89. The van der Waals surface area contributed by atoms with Gasteiger partial charge in [0.05, 0.1) is 0 Å². The fourth-order valence-corrected chi connectivity index (χ4v) is 2.32. The normalized spacial score (nSPS) is 13.6. The van der Waals surface area contributed by atoms with Gasteiger partial charge >= 0.3 is 0 Å². The molecule has 1 aromatic heterocycles. The van der Waals surface area contributed by atoms with Crippen molar-refractivity contribution in [2.24, 2.45) is 5.73 Å². The van der Waals surface area contributed by atoms with E-state index in [1.807, 2.05) is 18.3 Å². The summed E-state index contributed by atoms with van der Waals surface area (Å²) < 4.78 is 0. The summed E-state index contributed by atoms with van der Waals surface area (Å²) in [5.41, 5.74) is 7.13. The van der Waals surface area contributed by atoms with Crippen LogP contribution < -0.4 is 5.73 Å². The van der Waals surface area contributed by atoms with Gasteiger partial charge in [0.25, 0.3) is 0 Å². The molecule has 1 heterocycles. The highest BCUT2D eigenvalue weighted by atomic mass is 32.1. The van der Waals surface area contributed by atoms with Crippen LogP contribution in [0.2, 0.25) is 0 Å². The molecule has 0 radical (unpaired) electrons. The Morgan fingerprint density at radius 1 is 1.54 bits per heavy atom. The van der Waals surface area contributed by atoms with Crippen molar-refractivity contribution in [2.75, 3.05) is 14.1 Å². The van der Waals surface area contributed by atoms with Crippen LogP contribution >= 0.6 is 11.3 Å². The molecule has 0 fully saturated rings. The molecule has 0 aromatic carbocycles. The van der Waals surface area contributed by atoms with Crippen molar-refractivity contribution >= 4 is 11.3 Å². The molecule has 0 aliphatic heterocycles. The average Bonchev–Trinajstić information content (AvgIpc) is 2.33. The van der Waals surface area contributed by atoms with Crippen molar-refractivity contribution in [2.45, 2.75) is 25.9 Å². The molecule has 2 nitrogen and oxygen atoms in total. The van der Waals surface area contributed by atoms with E-state index in [9.17, 15) is 0 Å². The Morgan fingerprint density at radius 3 is 2.77 bits per heavy atom. The van der Waals surface area contributed by atoms with E-state index in [0.717, 1.165) is 13.0 Å². The minimum atomic E-state index is 0.269. The maximum atomic E-state index is 5.73. The summed E-state index contributed by atoms with van der Waals surface area (Å²) in [4.78, 5) is 3.57. The number of rotatable bonds is 4. The fourth-order valence-electron chi connectivity index (χ4n) is 1.30. The summed E-state index contributed by atoms with van der Waals surface area (Å²) in [5.74, 6) is 0. The second-order valence-electron chi connectivity index (χ2n) is 3.84. The summed E-state index contributed by atoms with van der Waals surface area (Å²) >= 11 is 1.81. The first-order valence-corrected chi connectivity index (χ1v) is 5.42. The van der Waals surface area contributed by atoms with Crippen LogP contribution in [-0.2, 0) is 13.0 Å². The second-order valence-corrected chi connectivity index (χ2v) is 4.84. The molecule has 0 saturated carbocycles. The third-order valence-corrected chi connectivity index (χ3v) is 2.74. The molecule has 1 aromatic rings. The standard InChI is InChI=1S/C10H18N2S/c1-8(11)4-10-5-9(7-13-10)6-12(2)3/h5,7-8H,4,6,11H2,1-3H3. The van der Waals surface area contributed by atoms with Crippen LogP contribution in [-0.4, -0.2) is 25.0 Å². The third-order valence-electron chi connectivity index (χ3n) is 1.73. The highest BCUT2D eigenvalue weighted by Gasteiger charge is 2.02. The molecule has 0 saturated heterocycles. The zero-order valence-electron chi connectivity index (χ0n) is 8.58. The zero-order chi connectivity index (χ0) is 9.84. The molecular weight excluding hydrogens is 180 g/mol.